The SMILES string of the molecule is C/C=C/c1ccn(-c2ccc(OCCN3CCCC3)cc2)c(=O)c1.O=c1cc(COc2ccc(F)cc2)ccn1-c1ccc(OCCN2CCCC2)cc1. The summed E-state index contributed by atoms with van der Waals surface area (Å²) in [5.74, 6) is 1.89. The molecule has 3 aromatic carbocycles. The first-order valence-electron chi connectivity index (χ1n) is 18.8. The normalized spacial score (nSPS) is 14.6. The molecule has 0 radical (unpaired) electrons. The highest BCUT2D eigenvalue weighted by atomic mass is 19.1. The van der Waals surface area contributed by atoms with Crippen LogP contribution in [0.4, 0.5) is 4.39 Å². The molecule has 2 fully saturated rings. The van der Waals surface area contributed by atoms with Gasteiger partial charge in [0.25, 0.3) is 11.1 Å². The number of benzene rings is 3. The van der Waals surface area contributed by atoms with Crippen molar-refractivity contribution in [3.8, 4) is 28.6 Å². The predicted octanol–water partition coefficient (Wildman–Crippen LogP) is 7.38. The van der Waals surface area contributed by atoms with Crippen molar-refractivity contribution in [3.63, 3.8) is 0 Å². The average molecular weight is 733 g/mol. The maximum Gasteiger partial charge on any atom is 0.255 e. The lowest BCUT2D eigenvalue weighted by Crippen LogP contribution is -2.25. The van der Waals surface area contributed by atoms with Crippen LogP contribution in [0.5, 0.6) is 17.2 Å². The molecule has 0 spiro atoms. The second kappa shape index (κ2) is 19.6. The lowest BCUT2D eigenvalue weighted by molar-refractivity contribution is 0.237. The second-order valence-corrected chi connectivity index (χ2v) is 13.4. The standard InChI is InChI=1S/C24H25FN2O3.C20H24N2O2/c25-20-3-7-23(8-4-20)30-18-19-11-14-27(24(28)17-19)21-5-9-22(10-6-21)29-16-15-26-12-1-2-13-26;1-2-5-17-10-13-22(20(23)16-17)18-6-8-19(9-7-18)24-15-14-21-11-3-4-12-21/h3-11,14,17H,1-2,12-13,15-16,18H2;2,5-10,13,16H,3-4,11-12,14-15H2,1H3/b;5-2+. The van der Waals surface area contributed by atoms with E-state index in [1.807, 2.05) is 79.7 Å². The molecule has 2 aromatic heterocycles. The zero-order valence-electron chi connectivity index (χ0n) is 30.9. The maximum atomic E-state index is 12.9. The van der Waals surface area contributed by atoms with Gasteiger partial charge in [0.1, 0.15) is 42.9 Å². The number of rotatable bonds is 14. The minimum absolute atomic E-state index is 0.0340. The minimum Gasteiger partial charge on any atom is -0.492 e. The topological polar surface area (TPSA) is 78.2 Å². The van der Waals surface area contributed by atoms with Crippen LogP contribution in [-0.4, -0.2) is 71.4 Å². The molecule has 4 heterocycles. The largest absolute Gasteiger partial charge is 0.492 e. The van der Waals surface area contributed by atoms with Gasteiger partial charge in [0.15, 0.2) is 0 Å². The molecular weight excluding hydrogens is 684 g/mol. The highest BCUT2D eigenvalue weighted by Crippen LogP contribution is 2.18. The fourth-order valence-corrected chi connectivity index (χ4v) is 6.53. The van der Waals surface area contributed by atoms with E-state index in [0.29, 0.717) is 19.0 Å². The van der Waals surface area contributed by atoms with Gasteiger partial charge in [-0.1, -0.05) is 12.2 Å². The zero-order valence-corrected chi connectivity index (χ0v) is 30.9. The molecule has 0 amide bonds. The monoisotopic (exact) mass is 732 g/mol. The number of halogens is 1. The molecule has 0 N–H and O–H groups in total. The third kappa shape index (κ3) is 11.3. The summed E-state index contributed by atoms with van der Waals surface area (Å²) in [6, 6.07) is 28.0. The lowest BCUT2D eigenvalue weighted by atomic mass is 10.2. The maximum absolute atomic E-state index is 12.9. The Morgan fingerprint density at radius 3 is 1.54 bits per heavy atom. The summed E-state index contributed by atoms with van der Waals surface area (Å²) in [5, 5.41) is 0. The van der Waals surface area contributed by atoms with Gasteiger partial charge in [-0.15, -0.1) is 0 Å². The number of hydrogen-bond donors (Lipinski definition) is 0. The summed E-state index contributed by atoms with van der Waals surface area (Å²) in [6.07, 6.45) is 12.5. The van der Waals surface area contributed by atoms with E-state index in [-0.39, 0.29) is 23.5 Å². The Morgan fingerprint density at radius 2 is 1.06 bits per heavy atom. The quantitative estimate of drug-likeness (QED) is 0.118. The Bertz CT molecular complexity index is 2050. The second-order valence-electron chi connectivity index (χ2n) is 13.4. The molecule has 0 saturated carbocycles. The fourth-order valence-electron chi connectivity index (χ4n) is 6.53. The van der Waals surface area contributed by atoms with Crippen LogP contribution < -0.4 is 25.3 Å². The molecule has 0 unspecified atom stereocenters. The third-order valence-electron chi connectivity index (χ3n) is 9.49. The summed E-state index contributed by atoms with van der Waals surface area (Å²) in [4.78, 5) is 29.6. The molecule has 2 aliphatic rings. The Hall–Kier alpha value is -5.45. The van der Waals surface area contributed by atoms with Crippen LogP contribution in [0.15, 0.2) is 125 Å². The molecule has 282 valence electrons. The van der Waals surface area contributed by atoms with Crippen molar-refractivity contribution in [2.24, 2.45) is 0 Å². The number of likely N-dealkylation sites (tertiary alicyclic amines) is 2. The summed E-state index contributed by atoms with van der Waals surface area (Å²) >= 11 is 0. The van der Waals surface area contributed by atoms with E-state index < -0.39 is 0 Å². The molecule has 0 atom stereocenters. The summed E-state index contributed by atoms with van der Waals surface area (Å²) in [5.41, 5.74) is 3.12. The van der Waals surface area contributed by atoms with E-state index in [2.05, 4.69) is 9.80 Å². The van der Waals surface area contributed by atoms with Gasteiger partial charge in [-0.25, -0.2) is 4.39 Å². The molecule has 7 rings (SSSR count). The van der Waals surface area contributed by atoms with E-state index in [4.69, 9.17) is 14.2 Å². The fraction of sp³-hybridized carbons (Fsp3) is 0.318. The van der Waals surface area contributed by atoms with Crippen LogP contribution in [0.25, 0.3) is 17.5 Å². The Kier molecular flexibility index (Phi) is 13.9. The van der Waals surface area contributed by atoms with Crippen molar-refractivity contribution in [2.45, 2.75) is 39.2 Å². The first kappa shape index (κ1) is 38.3. The van der Waals surface area contributed by atoms with Crippen LogP contribution >= 0.6 is 0 Å². The van der Waals surface area contributed by atoms with E-state index in [1.54, 1.807) is 45.8 Å². The molecule has 10 heteroatoms. The van der Waals surface area contributed by atoms with E-state index in [0.717, 1.165) is 60.2 Å². The van der Waals surface area contributed by atoms with Gasteiger partial charge >= 0.3 is 0 Å². The van der Waals surface area contributed by atoms with E-state index in [9.17, 15) is 14.0 Å². The van der Waals surface area contributed by atoms with Crippen molar-refractivity contribution in [2.75, 3.05) is 52.5 Å². The minimum atomic E-state index is -0.312. The summed E-state index contributed by atoms with van der Waals surface area (Å²) in [7, 11) is 0. The summed E-state index contributed by atoms with van der Waals surface area (Å²) in [6.45, 7) is 10.2. The van der Waals surface area contributed by atoms with Gasteiger partial charge < -0.3 is 14.2 Å². The highest BCUT2D eigenvalue weighted by molar-refractivity contribution is 5.48. The molecule has 2 aliphatic heterocycles. The number of pyridine rings is 2. The van der Waals surface area contributed by atoms with Gasteiger partial charge in [-0.2, -0.15) is 0 Å². The van der Waals surface area contributed by atoms with E-state index >= 15 is 0 Å². The first-order valence-corrected chi connectivity index (χ1v) is 18.8. The predicted molar refractivity (Wildman–Crippen MR) is 212 cm³/mol. The number of aromatic nitrogens is 2. The molecule has 0 bridgehead atoms. The molecule has 54 heavy (non-hydrogen) atoms. The average Bonchev–Trinajstić information content (AvgIpc) is 3.91. The lowest BCUT2D eigenvalue weighted by Gasteiger charge is -2.15. The van der Waals surface area contributed by atoms with Crippen molar-refractivity contribution in [1.29, 1.82) is 0 Å². The number of nitrogens with zero attached hydrogens (tertiary/aromatic N) is 4. The van der Waals surface area contributed by atoms with Crippen LogP contribution in [0.2, 0.25) is 0 Å². The summed E-state index contributed by atoms with van der Waals surface area (Å²) < 4.78 is 33.4. The molecular formula is C44H49FN4O5. The molecule has 5 aromatic rings. The number of allylic oxidation sites excluding steroid dienone is 1. The van der Waals surface area contributed by atoms with Gasteiger partial charge in [0.05, 0.1) is 0 Å². The molecule has 0 aliphatic carbocycles. The van der Waals surface area contributed by atoms with Crippen molar-refractivity contribution in [3.05, 3.63) is 153 Å². The zero-order chi connectivity index (χ0) is 37.5. The van der Waals surface area contributed by atoms with Crippen LogP contribution in [0, 0.1) is 5.82 Å². The Labute approximate surface area is 316 Å². The van der Waals surface area contributed by atoms with Crippen molar-refractivity contribution < 1.29 is 18.6 Å². The van der Waals surface area contributed by atoms with Crippen LogP contribution in [-0.2, 0) is 6.61 Å². The van der Waals surface area contributed by atoms with Gasteiger partial charge in [-0.05, 0) is 155 Å². The van der Waals surface area contributed by atoms with Crippen LogP contribution in [0.3, 0.4) is 0 Å². The van der Waals surface area contributed by atoms with Crippen molar-refractivity contribution >= 4 is 6.08 Å². The van der Waals surface area contributed by atoms with Gasteiger partial charge in [-0.3, -0.25) is 28.5 Å². The Balaban J connectivity index is 0.000000189. The Morgan fingerprint density at radius 1 is 0.593 bits per heavy atom. The molecule has 2 saturated heterocycles. The molecule has 9 nitrogen and oxygen atoms in total. The number of hydrogen-bond acceptors (Lipinski definition) is 7. The number of ether oxygens (including phenoxy) is 3. The smallest absolute Gasteiger partial charge is 0.255 e. The van der Waals surface area contributed by atoms with E-state index in [1.165, 1.54) is 50.9 Å². The van der Waals surface area contributed by atoms with Gasteiger partial charge in [0, 0.05) is 49.0 Å². The van der Waals surface area contributed by atoms with Gasteiger partial charge in [0.2, 0.25) is 0 Å². The first-order chi connectivity index (χ1) is 26.4. The van der Waals surface area contributed by atoms with Crippen molar-refractivity contribution in [1.82, 2.24) is 18.9 Å². The highest BCUT2D eigenvalue weighted by Gasteiger charge is 2.12. The third-order valence-corrected chi connectivity index (χ3v) is 9.49. The van der Waals surface area contributed by atoms with Crippen LogP contribution in [0.1, 0.15) is 43.7 Å².